The number of hydrogen-bond acceptors (Lipinski definition) is 3. The molecule has 46 heavy (non-hydrogen) atoms. The molecule has 6 aromatic carbocycles. The first-order chi connectivity index (χ1) is 22.5. The highest BCUT2D eigenvalue weighted by atomic mass is 15.4. The lowest BCUT2D eigenvalue weighted by molar-refractivity contribution is 0.518. The number of benzene rings is 6. The number of nitrogens with zero attached hydrogens (tertiary/aromatic N) is 4. The van der Waals surface area contributed by atoms with Crippen molar-refractivity contribution >= 4 is 39.7 Å². The van der Waals surface area contributed by atoms with E-state index in [9.17, 15) is 0 Å². The minimum atomic E-state index is -0.645. The van der Waals surface area contributed by atoms with Crippen molar-refractivity contribution in [3.05, 3.63) is 179 Å². The van der Waals surface area contributed by atoms with E-state index in [4.69, 9.17) is 4.98 Å². The maximum absolute atomic E-state index is 5.29. The van der Waals surface area contributed by atoms with Crippen LogP contribution in [-0.2, 0) is 11.0 Å². The fraction of sp³-hybridized carbons (Fsp3) is 0.119. The monoisotopic (exact) mass is 594 g/mol. The van der Waals surface area contributed by atoms with Crippen LogP contribution in [0, 0.1) is 0 Å². The van der Waals surface area contributed by atoms with Crippen molar-refractivity contribution in [1.82, 2.24) is 9.55 Å². The zero-order valence-electron chi connectivity index (χ0n) is 26.2. The van der Waals surface area contributed by atoms with Gasteiger partial charge in [-0.1, -0.05) is 129 Å². The van der Waals surface area contributed by atoms with E-state index in [2.05, 4.69) is 187 Å². The molecule has 0 fully saturated rings. The lowest BCUT2D eigenvalue weighted by Gasteiger charge is -2.46. The van der Waals surface area contributed by atoms with Gasteiger partial charge in [-0.25, -0.2) is 4.98 Å². The summed E-state index contributed by atoms with van der Waals surface area (Å²) in [7, 11) is 2.15. The summed E-state index contributed by atoms with van der Waals surface area (Å²) < 4.78 is 2.45. The molecule has 0 unspecified atom stereocenters. The van der Waals surface area contributed by atoms with Crippen molar-refractivity contribution in [1.29, 1.82) is 0 Å². The molecule has 0 N–H and O–H groups in total. The molecule has 4 heteroatoms. The lowest BCUT2D eigenvalue weighted by atomic mass is 9.73. The van der Waals surface area contributed by atoms with E-state index in [0.717, 1.165) is 28.4 Å². The number of imidazole rings is 1. The SMILES string of the molecule is CN1c2cc(N3c4ccccc4C(C)(C)c4ccccc43)ccc2C(c2ccccc2)(c2ccccc2)n2c1nc1ccccc12. The molecule has 7 aromatic rings. The molecule has 3 heterocycles. The number of hydrogen-bond donors (Lipinski definition) is 0. The number of para-hydroxylation sites is 4. The third-order valence-electron chi connectivity index (χ3n) is 10.2. The molecular weight excluding hydrogens is 560 g/mol. The Morgan fingerprint density at radius 3 is 1.70 bits per heavy atom. The van der Waals surface area contributed by atoms with Gasteiger partial charge < -0.3 is 9.80 Å². The first-order valence-corrected chi connectivity index (χ1v) is 16.0. The highest BCUT2D eigenvalue weighted by Crippen LogP contribution is 2.56. The largest absolute Gasteiger partial charge is 0.315 e. The van der Waals surface area contributed by atoms with Gasteiger partial charge in [0.1, 0.15) is 5.54 Å². The summed E-state index contributed by atoms with van der Waals surface area (Å²) >= 11 is 0. The predicted molar refractivity (Wildman–Crippen MR) is 189 cm³/mol. The molecule has 9 rings (SSSR count). The van der Waals surface area contributed by atoms with Gasteiger partial charge in [-0.15, -0.1) is 0 Å². The van der Waals surface area contributed by atoms with Crippen LogP contribution in [0.4, 0.5) is 28.7 Å². The minimum absolute atomic E-state index is 0.116. The Hall–Kier alpha value is -5.61. The molecule has 1 aromatic heterocycles. The second-order valence-corrected chi connectivity index (χ2v) is 12.9. The molecule has 0 saturated carbocycles. The Morgan fingerprint density at radius 2 is 1.07 bits per heavy atom. The van der Waals surface area contributed by atoms with Crippen molar-refractivity contribution in [2.75, 3.05) is 16.8 Å². The third-order valence-corrected chi connectivity index (χ3v) is 10.2. The zero-order valence-corrected chi connectivity index (χ0v) is 26.2. The first-order valence-electron chi connectivity index (χ1n) is 16.0. The van der Waals surface area contributed by atoms with Gasteiger partial charge in [0.15, 0.2) is 0 Å². The summed E-state index contributed by atoms with van der Waals surface area (Å²) in [6.45, 7) is 4.67. The highest BCUT2D eigenvalue weighted by molar-refractivity contribution is 5.90. The Labute approximate surface area is 269 Å². The van der Waals surface area contributed by atoms with Crippen LogP contribution in [0.25, 0.3) is 11.0 Å². The van der Waals surface area contributed by atoms with Crippen LogP contribution in [0.5, 0.6) is 0 Å². The van der Waals surface area contributed by atoms with E-state index in [-0.39, 0.29) is 5.41 Å². The molecule has 0 atom stereocenters. The Balaban J connectivity index is 1.37. The molecule has 0 bridgehead atoms. The fourth-order valence-corrected chi connectivity index (χ4v) is 8.08. The lowest BCUT2D eigenvalue weighted by Crippen LogP contribution is -2.43. The Bertz CT molecular complexity index is 2180. The van der Waals surface area contributed by atoms with E-state index in [0.29, 0.717) is 0 Å². The van der Waals surface area contributed by atoms with E-state index < -0.39 is 5.54 Å². The summed E-state index contributed by atoms with van der Waals surface area (Å²) in [5, 5.41) is 0. The molecule has 0 radical (unpaired) electrons. The van der Waals surface area contributed by atoms with E-state index >= 15 is 0 Å². The number of aromatic nitrogens is 2. The standard InChI is InChI=1S/C42H34N4/c1-41(2)32-20-10-13-23-36(32)45(37-24-14-11-21-33(37)41)31-26-27-34-39(28-31)44(3)40-43-35-22-12-15-25-38(35)46(40)42(34,29-16-6-4-7-17-29)30-18-8-5-9-19-30/h4-28H,1-3H3. The van der Waals surface area contributed by atoms with E-state index in [1.54, 1.807) is 0 Å². The summed E-state index contributed by atoms with van der Waals surface area (Å²) in [4.78, 5) is 10.00. The summed E-state index contributed by atoms with van der Waals surface area (Å²) in [5.74, 6) is 0.916. The van der Waals surface area contributed by atoms with Crippen LogP contribution in [0.15, 0.2) is 152 Å². The van der Waals surface area contributed by atoms with Gasteiger partial charge >= 0.3 is 0 Å². The highest BCUT2D eigenvalue weighted by Gasteiger charge is 2.47. The normalized spacial score (nSPS) is 15.5. The molecule has 2 aliphatic heterocycles. The first kappa shape index (κ1) is 26.8. The number of anilines is 5. The van der Waals surface area contributed by atoms with Gasteiger partial charge in [-0.3, -0.25) is 4.57 Å². The van der Waals surface area contributed by atoms with Crippen molar-refractivity contribution < 1.29 is 0 Å². The maximum atomic E-state index is 5.29. The van der Waals surface area contributed by atoms with Gasteiger partial charge in [0.25, 0.3) is 0 Å². The molecule has 222 valence electrons. The van der Waals surface area contributed by atoms with Crippen LogP contribution in [0.1, 0.15) is 41.7 Å². The van der Waals surface area contributed by atoms with Crippen LogP contribution in [0.2, 0.25) is 0 Å². The van der Waals surface area contributed by atoms with Gasteiger partial charge in [0.2, 0.25) is 5.95 Å². The number of fused-ring (bicyclic) bond motifs is 6. The van der Waals surface area contributed by atoms with Crippen molar-refractivity contribution in [3.8, 4) is 0 Å². The molecule has 0 amide bonds. The number of rotatable bonds is 3. The molecule has 0 spiro atoms. The average Bonchev–Trinajstić information content (AvgIpc) is 3.50. The van der Waals surface area contributed by atoms with Crippen molar-refractivity contribution in [2.45, 2.75) is 24.8 Å². The quantitative estimate of drug-likeness (QED) is 0.203. The summed E-state index contributed by atoms with van der Waals surface area (Å²) in [6, 6.07) is 55.0. The van der Waals surface area contributed by atoms with Gasteiger partial charge in [0, 0.05) is 23.7 Å². The second-order valence-electron chi connectivity index (χ2n) is 12.9. The average molecular weight is 595 g/mol. The van der Waals surface area contributed by atoms with Crippen LogP contribution in [0.3, 0.4) is 0 Å². The summed E-state index contributed by atoms with van der Waals surface area (Å²) in [6.07, 6.45) is 0. The van der Waals surface area contributed by atoms with Gasteiger partial charge in [-0.05, 0) is 58.7 Å². The maximum Gasteiger partial charge on any atom is 0.212 e. The molecular formula is C42H34N4. The fourth-order valence-electron chi connectivity index (χ4n) is 8.08. The van der Waals surface area contributed by atoms with Crippen LogP contribution < -0.4 is 9.80 Å². The predicted octanol–water partition coefficient (Wildman–Crippen LogP) is 10.1. The van der Waals surface area contributed by atoms with Gasteiger partial charge in [-0.2, -0.15) is 0 Å². The molecule has 2 aliphatic rings. The second kappa shape index (κ2) is 9.69. The topological polar surface area (TPSA) is 24.3 Å². The van der Waals surface area contributed by atoms with Crippen molar-refractivity contribution in [2.24, 2.45) is 0 Å². The van der Waals surface area contributed by atoms with E-state index in [1.807, 2.05) is 0 Å². The van der Waals surface area contributed by atoms with Crippen molar-refractivity contribution in [3.63, 3.8) is 0 Å². The molecule has 0 saturated heterocycles. The zero-order chi connectivity index (χ0) is 31.0. The Kier molecular flexibility index (Phi) is 5.64. The Morgan fingerprint density at radius 1 is 0.522 bits per heavy atom. The van der Waals surface area contributed by atoms with Crippen LogP contribution in [-0.4, -0.2) is 16.6 Å². The van der Waals surface area contributed by atoms with Gasteiger partial charge in [0.05, 0.1) is 28.1 Å². The third kappa shape index (κ3) is 3.47. The van der Waals surface area contributed by atoms with E-state index in [1.165, 1.54) is 39.2 Å². The van der Waals surface area contributed by atoms with Crippen LogP contribution >= 0.6 is 0 Å². The smallest absolute Gasteiger partial charge is 0.212 e. The minimum Gasteiger partial charge on any atom is -0.315 e. The molecule has 0 aliphatic carbocycles. The molecule has 4 nitrogen and oxygen atoms in total. The summed E-state index contributed by atoms with van der Waals surface area (Å²) in [5.41, 5.74) is 12.3.